The molecule has 1 saturated carbocycles. The average molecular weight is 235 g/mol. The quantitative estimate of drug-likeness (QED) is 0.821. The number of hydrogen-bond donors (Lipinski definition) is 2. The van der Waals surface area contributed by atoms with E-state index in [0.29, 0.717) is 12.6 Å². The lowest BCUT2D eigenvalue weighted by Crippen LogP contribution is -2.23. The summed E-state index contributed by atoms with van der Waals surface area (Å²) < 4.78 is 5.27. The molecule has 0 bridgehead atoms. The Kier molecular flexibility index (Phi) is 3.69. The molecule has 0 radical (unpaired) electrons. The number of aliphatic hydroxyl groups is 1. The maximum absolute atomic E-state index is 10.2. The summed E-state index contributed by atoms with van der Waals surface area (Å²) in [6.07, 6.45) is 2.06. The molecule has 0 spiro atoms. The number of rotatable bonds is 5. The van der Waals surface area contributed by atoms with Gasteiger partial charge in [-0.3, -0.25) is 0 Å². The zero-order valence-corrected chi connectivity index (χ0v) is 10.8. The minimum Gasteiger partial charge on any atom is -0.496 e. The van der Waals surface area contributed by atoms with Crippen molar-refractivity contribution in [3.8, 4) is 5.75 Å². The van der Waals surface area contributed by atoms with Crippen LogP contribution in [0, 0.1) is 13.8 Å². The van der Waals surface area contributed by atoms with Crippen molar-refractivity contribution in [3.63, 3.8) is 0 Å². The molecule has 1 aliphatic carbocycles. The molecule has 94 valence electrons. The zero-order chi connectivity index (χ0) is 12.4. The van der Waals surface area contributed by atoms with E-state index in [1.54, 1.807) is 7.11 Å². The highest BCUT2D eigenvalue weighted by atomic mass is 16.5. The number of methoxy groups -OCH3 is 1. The van der Waals surface area contributed by atoms with Crippen molar-refractivity contribution in [3.05, 3.63) is 28.8 Å². The van der Waals surface area contributed by atoms with Gasteiger partial charge in [0.2, 0.25) is 0 Å². The predicted octanol–water partition coefficient (Wildman–Crippen LogP) is 2.10. The lowest BCUT2D eigenvalue weighted by atomic mass is 9.98. The van der Waals surface area contributed by atoms with Gasteiger partial charge in [0.05, 0.1) is 13.2 Å². The number of ether oxygens (including phenoxy) is 1. The highest BCUT2D eigenvalue weighted by Gasteiger charge is 2.22. The molecule has 0 aliphatic heterocycles. The second-order valence-electron chi connectivity index (χ2n) is 4.81. The number of aliphatic hydroxyl groups excluding tert-OH is 1. The molecule has 1 aromatic rings. The summed E-state index contributed by atoms with van der Waals surface area (Å²) >= 11 is 0. The van der Waals surface area contributed by atoms with Crippen LogP contribution in [-0.2, 0) is 0 Å². The van der Waals surface area contributed by atoms with Crippen molar-refractivity contribution < 1.29 is 9.84 Å². The van der Waals surface area contributed by atoms with Crippen molar-refractivity contribution in [1.82, 2.24) is 5.32 Å². The van der Waals surface area contributed by atoms with Gasteiger partial charge < -0.3 is 15.2 Å². The molecule has 2 N–H and O–H groups in total. The second-order valence-corrected chi connectivity index (χ2v) is 4.81. The van der Waals surface area contributed by atoms with Crippen molar-refractivity contribution in [1.29, 1.82) is 0 Å². The Balaban J connectivity index is 2.10. The molecule has 1 fully saturated rings. The Bertz CT molecular complexity index is 399. The minimum absolute atomic E-state index is 0.430. The molecule has 0 aromatic heterocycles. The maximum atomic E-state index is 10.2. The summed E-state index contributed by atoms with van der Waals surface area (Å²) in [5.74, 6) is 0.883. The normalized spacial score (nSPS) is 16.9. The zero-order valence-electron chi connectivity index (χ0n) is 10.8. The van der Waals surface area contributed by atoms with E-state index in [1.165, 1.54) is 12.8 Å². The largest absolute Gasteiger partial charge is 0.496 e. The van der Waals surface area contributed by atoms with Gasteiger partial charge in [-0.1, -0.05) is 6.07 Å². The van der Waals surface area contributed by atoms with Crippen LogP contribution in [0.4, 0.5) is 0 Å². The summed E-state index contributed by atoms with van der Waals surface area (Å²) in [4.78, 5) is 0. The van der Waals surface area contributed by atoms with Gasteiger partial charge in [0.25, 0.3) is 0 Å². The van der Waals surface area contributed by atoms with E-state index in [1.807, 2.05) is 26.0 Å². The Hall–Kier alpha value is -1.06. The smallest absolute Gasteiger partial charge is 0.122 e. The van der Waals surface area contributed by atoms with E-state index in [0.717, 1.165) is 22.4 Å². The molecule has 1 unspecified atom stereocenters. The molecule has 1 aliphatic rings. The first-order chi connectivity index (χ1) is 8.13. The Labute approximate surface area is 103 Å². The first-order valence-corrected chi connectivity index (χ1v) is 6.19. The summed E-state index contributed by atoms with van der Waals surface area (Å²) in [6.45, 7) is 4.70. The molecule has 0 saturated heterocycles. The van der Waals surface area contributed by atoms with E-state index >= 15 is 0 Å². The van der Waals surface area contributed by atoms with E-state index in [4.69, 9.17) is 4.74 Å². The number of nitrogens with one attached hydrogen (secondary N) is 1. The third-order valence-corrected chi connectivity index (χ3v) is 3.54. The topological polar surface area (TPSA) is 41.5 Å². The molecule has 3 heteroatoms. The molecular weight excluding hydrogens is 214 g/mol. The third-order valence-electron chi connectivity index (χ3n) is 3.54. The fourth-order valence-electron chi connectivity index (χ4n) is 2.07. The van der Waals surface area contributed by atoms with Gasteiger partial charge in [-0.05, 0) is 49.4 Å². The van der Waals surface area contributed by atoms with Gasteiger partial charge in [0.15, 0.2) is 0 Å². The van der Waals surface area contributed by atoms with E-state index in [-0.39, 0.29) is 0 Å². The summed E-state index contributed by atoms with van der Waals surface area (Å²) in [5.41, 5.74) is 3.22. The Morgan fingerprint density at radius 1 is 1.35 bits per heavy atom. The van der Waals surface area contributed by atoms with Crippen LogP contribution in [0.5, 0.6) is 5.75 Å². The molecule has 3 nitrogen and oxygen atoms in total. The van der Waals surface area contributed by atoms with Crippen LogP contribution in [0.3, 0.4) is 0 Å². The predicted molar refractivity (Wildman–Crippen MR) is 68.5 cm³/mol. The van der Waals surface area contributed by atoms with E-state index in [2.05, 4.69) is 5.32 Å². The van der Waals surface area contributed by atoms with E-state index in [9.17, 15) is 5.11 Å². The van der Waals surface area contributed by atoms with Crippen molar-refractivity contribution in [2.45, 2.75) is 38.8 Å². The molecule has 17 heavy (non-hydrogen) atoms. The van der Waals surface area contributed by atoms with Gasteiger partial charge in [-0.15, -0.1) is 0 Å². The van der Waals surface area contributed by atoms with Crippen molar-refractivity contribution in [2.75, 3.05) is 13.7 Å². The van der Waals surface area contributed by atoms with Crippen LogP contribution in [0.25, 0.3) is 0 Å². The minimum atomic E-state index is -0.430. The van der Waals surface area contributed by atoms with Gasteiger partial charge in [-0.2, -0.15) is 0 Å². The lowest BCUT2D eigenvalue weighted by Gasteiger charge is -2.17. The Morgan fingerprint density at radius 3 is 2.65 bits per heavy atom. The summed E-state index contributed by atoms with van der Waals surface area (Å²) in [6, 6.07) is 4.52. The number of hydrogen-bond acceptors (Lipinski definition) is 3. The van der Waals surface area contributed by atoms with Crippen LogP contribution in [0.15, 0.2) is 12.1 Å². The SMILES string of the molecule is COc1ccc(C(O)CNC2CC2)c(C)c1C. The van der Waals surface area contributed by atoms with Crippen molar-refractivity contribution in [2.24, 2.45) is 0 Å². The summed E-state index contributed by atoms with van der Waals surface area (Å²) in [7, 11) is 1.67. The molecular formula is C14H21NO2. The molecule has 1 atom stereocenters. The monoisotopic (exact) mass is 235 g/mol. The second kappa shape index (κ2) is 5.07. The van der Waals surface area contributed by atoms with Gasteiger partial charge in [0.1, 0.15) is 5.75 Å². The van der Waals surface area contributed by atoms with E-state index < -0.39 is 6.10 Å². The molecule has 2 rings (SSSR count). The first-order valence-electron chi connectivity index (χ1n) is 6.19. The van der Waals surface area contributed by atoms with Crippen LogP contribution < -0.4 is 10.1 Å². The Morgan fingerprint density at radius 2 is 2.06 bits per heavy atom. The fraction of sp³-hybridized carbons (Fsp3) is 0.571. The van der Waals surface area contributed by atoms with Gasteiger partial charge in [0, 0.05) is 12.6 Å². The molecule has 0 amide bonds. The van der Waals surface area contributed by atoms with Crippen LogP contribution in [0.1, 0.15) is 35.6 Å². The summed E-state index contributed by atoms with van der Waals surface area (Å²) in [5, 5.41) is 13.5. The molecule has 0 heterocycles. The van der Waals surface area contributed by atoms with Crippen LogP contribution in [-0.4, -0.2) is 24.8 Å². The molecule has 1 aromatic carbocycles. The highest BCUT2D eigenvalue weighted by Crippen LogP contribution is 2.28. The van der Waals surface area contributed by atoms with Crippen LogP contribution >= 0.6 is 0 Å². The third kappa shape index (κ3) is 2.79. The standard InChI is InChI=1S/C14H21NO2/c1-9-10(2)14(17-3)7-6-12(9)13(16)8-15-11-4-5-11/h6-7,11,13,15-16H,4-5,8H2,1-3H3. The van der Waals surface area contributed by atoms with Crippen molar-refractivity contribution >= 4 is 0 Å². The highest BCUT2D eigenvalue weighted by molar-refractivity contribution is 5.44. The first kappa shape index (κ1) is 12.4. The van der Waals surface area contributed by atoms with Crippen LogP contribution in [0.2, 0.25) is 0 Å². The average Bonchev–Trinajstić information content (AvgIpc) is 3.13. The van der Waals surface area contributed by atoms with Gasteiger partial charge in [-0.25, -0.2) is 0 Å². The number of benzene rings is 1. The lowest BCUT2D eigenvalue weighted by molar-refractivity contribution is 0.173. The maximum Gasteiger partial charge on any atom is 0.122 e. The fourth-order valence-corrected chi connectivity index (χ4v) is 2.07. The van der Waals surface area contributed by atoms with Gasteiger partial charge >= 0.3 is 0 Å².